The van der Waals surface area contributed by atoms with Gasteiger partial charge < -0.3 is 38.5 Å². The molecular formula is C29H44N4O11. The molecule has 1 saturated heterocycles. The van der Waals surface area contributed by atoms with Crippen molar-refractivity contribution in [2.45, 2.75) is 117 Å². The van der Waals surface area contributed by atoms with Crippen LogP contribution in [0.25, 0.3) is 10.4 Å². The van der Waals surface area contributed by atoms with Crippen molar-refractivity contribution in [1.29, 1.82) is 0 Å². The van der Waals surface area contributed by atoms with E-state index in [1.165, 1.54) is 6.92 Å². The first-order valence-corrected chi connectivity index (χ1v) is 13.8. The molecule has 44 heavy (non-hydrogen) atoms. The van der Waals surface area contributed by atoms with Crippen LogP contribution in [-0.2, 0) is 52.3 Å². The standard InChI is InChI=1S/C29H44N4O11/c1-18(34)31-23-25(40-16-13-22(37)44-29(8,9)10)24(39-15-12-21(36)43-28(5,6)7)19(41-26(23)32-33-30)17-38-14-11-20(35)42-27(2,3)4/h11-16,19,23-26H,17H2,1-10H3,(H,31,34)/b14-11+,15-12+,16-13+/t19-,23-,24-,25?,26-/m1/s1. The van der Waals surface area contributed by atoms with Gasteiger partial charge in [0.25, 0.3) is 0 Å². The summed E-state index contributed by atoms with van der Waals surface area (Å²) in [6.07, 6.45) is 1.61. The normalized spacial score (nSPS) is 22.6. The van der Waals surface area contributed by atoms with Gasteiger partial charge in [0.2, 0.25) is 5.91 Å². The molecule has 15 heteroatoms. The van der Waals surface area contributed by atoms with Gasteiger partial charge in [0.05, 0.1) is 37.0 Å². The molecule has 1 unspecified atom stereocenters. The van der Waals surface area contributed by atoms with E-state index in [1.54, 1.807) is 62.3 Å². The third-order valence-corrected chi connectivity index (χ3v) is 4.86. The molecule has 1 aliphatic rings. The Bertz CT molecular complexity index is 1140. The van der Waals surface area contributed by atoms with Crippen LogP contribution < -0.4 is 5.32 Å². The number of carbonyl (C=O) groups excluding carboxylic acids is 4. The van der Waals surface area contributed by atoms with Crippen molar-refractivity contribution in [1.82, 2.24) is 5.32 Å². The second kappa shape index (κ2) is 16.6. The third kappa shape index (κ3) is 15.8. The zero-order chi connectivity index (χ0) is 33.7. The van der Waals surface area contributed by atoms with Crippen molar-refractivity contribution in [2.24, 2.45) is 5.11 Å². The van der Waals surface area contributed by atoms with Crippen LogP contribution in [0.1, 0.15) is 69.2 Å². The third-order valence-electron chi connectivity index (χ3n) is 4.86. The quantitative estimate of drug-likeness (QED) is 0.0630. The first-order chi connectivity index (χ1) is 20.2. The van der Waals surface area contributed by atoms with E-state index in [1.807, 2.05) is 0 Å². The number of rotatable bonds is 12. The van der Waals surface area contributed by atoms with Gasteiger partial charge in [-0.05, 0) is 67.8 Å². The molecule has 0 saturated carbocycles. The molecule has 0 aromatic carbocycles. The first kappa shape index (κ1) is 37.8. The van der Waals surface area contributed by atoms with Gasteiger partial charge in [-0.15, -0.1) is 0 Å². The maximum absolute atomic E-state index is 12.2. The van der Waals surface area contributed by atoms with Crippen LogP contribution in [-0.4, -0.2) is 77.8 Å². The molecule has 1 aliphatic heterocycles. The molecule has 1 N–H and O–H groups in total. The number of hydrogen-bond donors (Lipinski definition) is 1. The van der Waals surface area contributed by atoms with Crippen molar-refractivity contribution in [2.75, 3.05) is 6.61 Å². The van der Waals surface area contributed by atoms with Crippen molar-refractivity contribution < 1.29 is 52.3 Å². The Hall–Kier alpha value is -4.23. The van der Waals surface area contributed by atoms with Gasteiger partial charge in [0, 0.05) is 11.8 Å². The molecule has 0 spiro atoms. The number of ether oxygens (including phenoxy) is 7. The minimum atomic E-state index is -1.32. The van der Waals surface area contributed by atoms with Crippen molar-refractivity contribution >= 4 is 23.8 Å². The van der Waals surface area contributed by atoms with E-state index in [0.717, 1.165) is 37.0 Å². The summed E-state index contributed by atoms with van der Waals surface area (Å²) in [7, 11) is 0. The first-order valence-electron chi connectivity index (χ1n) is 13.8. The van der Waals surface area contributed by atoms with Crippen LogP contribution in [0.4, 0.5) is 0 Å². The smallest absolute Gasteiger partial charge is 0.334 e. The zero-order valence-electron chi connectivity index (χ0n) is 26.9. The number of nitrogens with one attached hydrogen (secondary N) is 1. The molecule has 0 aromatic heterocycles. The maximum atomic E-state index is 12.2. The van der Waals surface area contributed by atoms with Gasteiger partial charge in [-0.3, -0.25) is 4.79 Å². The Morgan fingerprint density at radius 2 is 1.20 bits per heavy atom. The van der Waals surface area contributed by atoms with Crippen LogP contribution in [0.3, 0.4) is 0 Å². The number of carbonyl (C=O) groups is 4. The second-order valence-corrected chi connectivity index (χ2v) is 12.5. The molecule has 0 aliphatic carbocycles. The van der Waals surface area contributed by atoms with Crippen LogP contribution in [0.2, 0.25) is 0 Å². The maximum Gasteiger partial charge on any atom is 0.334 e. The van der Waals surface area contributed by atoms with E-state index in [9.17, 15) is 24.7 Å². The number of azide groups is 1. The lowest BCUT2D eigenvalue weighted by Crippen LogP contribution is -2.64. The second-order valence-electron chi connectivity index (χ2n) is 12.5. The van der Waals surface area contributed by atoms with Gasteiger partial charge in [0.1, 0.15) is 35.6 Å². The summed E-state index contributed by atoms with van der Waals surface area (Å²) in [5, 5.41) is 6.25. The molecule has 0 aromatic rings. The van der Waals surface area contributed by atoms with E-state index in [4.69, 9.17) is 33.2 Å². The Kier molecular flexibility index (Phi) is 14.2. The Labute approximate surface area is 257 Å². The van der Waals surface area contributed by atoms with E-state index in [-0.39, 0.29) is 6.61 Å². The Balaban J connectivity index is 3.40. The number of nitrogens with zero attached hydrogens (tertiary/aromatic N) is 3. The highest BCUT2D eigenvalue weighted by Crippen LogP contribution is 2.28. The van der Waals surface area contributed by atoms with Gasteiger partial charge in [-0.1, -0.05) is 5.11 Å². The topological polar surface area (TPSA) is 194 Å². The van der Waals surface area contributed by atoms with Crippen molar-refractivity contribution in [3.63, 3.8) is 0 Å². The molecule has 1 heterocycles. The molecule has 1 fully saturated rings. The highest BCUT2D eigenvalue weighted by atomic mass is 16.6. The summed E-state index contributed by atoms with van der Waals surface area (Å²) in [6, 6.07) is -1.12. The predicted molar refractivity (Wildman–Crippen MR) is 156 cm³/mol. The summed E-state index contributed by atoms with van der Waals surface area (Å²) in [5.74, 6) is -2.57. The van der Waals surface area contributed by atoms with Crippen LogP contribution in [0.15, 0.2) is 42.1 Å². The summed E-state index contributed by atoms with van der Waals surface area (Å²) >= 11 is 0. The lowest BCUT2D eigenvalue weighted by Gasteiger charge is -2.44. The van der Waals surface area contributed by atoms with Crippen molar-refractivity contribution in [3.8, 4) is 0 Å². The van der Waals surface area contributed by atoms with Gasteiger partial charge >= 0.3 is 17.9 Å². The van der Waals surface area contributed by atoms with Gasteiger partial charge in [0.15, 0.2) is 18.4 Å². The fourth-order valence-electron chi connectivity index (χ4n) is 3.55. The van der Waals surface area contributed by atoms with Crippen LogP contribution in [0, 0.1) is 0 Å². The minimum Gasteiger partial charge on any atom is -0.498 e. The van der Waals surface area contributed by atoms with Gasteiger partial charge in [-0.25, -0.2) is 14.4 Å². The molecule has 1 amide bonds. The van der Waals surface area contributed by atoms with E-state index < -0.39 is 71.2 Å². The molecule has 0 radical (unpaired) electrons. The summed E-state index contributed by atoms with van der Waals surface area (Å²) in [4.78, 5) is 51.4. The monoisotopic (exact) mass is 624 g/mol. The zero-order valence-corrected chi connectivity index (χ0v) is 26.9. The highest BCUT2D eigenvalue weighted by molar-refractivity contribution is 5.82. The lowest BCUT2D eigenvalue weighted by atomic mass is 9.95. The average Bonchev–Trinajstić information content (AvgIpc) is 2.81. The summed E-state index contributed by atoms with van der Waals surface area (Å²) in [5.41, 5.74) is 6.95. The number of esters is 3. The van der Waals surface area contributed by atoms with Crippen molar-refractivity contribution in [3.05, 3.63) is 47.5 Å². The van der Waals surface area contributed by atoms with E-state index >= 15 is 0 Å². The summed E-state index contributed by atoms with van der Waals surface area (Å²) in [6.45, 7) is 16.3. The molecule has 0 bridgehead atoms. The molecule has 5 atom stereocenters. The molecule has 246 valence electrons. The lowest BCUT2D eigenvalue weighted by molar-refractivity contribution is -0.197. The van der Waals surface area contributed by atoms with E-state index in [0.29, 0.717) is 0 Å². The minimum absolute atomic E-state index is 0.274. The fraction of sp³-hybridized carbons (Fsp3) is 0.655. The molecule has 15 nitrogen and oxygen atoms in total. The van der Waals surface area contributed by atoms with Gasteiger partial charge in [-0.2, -0.15) is 0 Å². The average molecular weight is 625 g/mol. The SMILES string of the molecule is CC(=O)N[C@@H]1C(O/C=C/C(=O)OC(C)(C)C)[C@H](O/C=C/C(=O)OC(C)(C)C)[C@@H](CO/C=C/C(=O)OC(C)(C)C)O[C@H]1N=[N+]=[N-]. The molecule has 1 rings (SSSR count). The fourth-order valence-corrected chi connectivity index (χ4v) is 3.55. The van der Waals surface area contributed by atoms with E-state index in [2.05, 4.69) is 15.3 Å². The summed E-state index contributed by atoms with van der Waals surface area (Å²) < 4.78 is 38.8. The van der Waals surface area contributed by atoms with Crippen LogP contribution in [0.5, 0.6) is 0 Å². The Morgan fingerprint density at radius 1 is 0.773 bits per heavy atom. The highest BCUT2D eigenvalue weighted by Gasteiger charge is 2.49. The predicted octanol–water partition coefficient (Wildman–Crippen LogP) is 3.88. The molecular weight excluding hydrogens is 580 g/mol. The largest absolute Gasteiger partial charge is 0.498 e. The number of hydrogen-bond acceptors (Lipinski definition) is 12. The number of amides is 1. The van der Waals surface area contributed by atoms with Crippen LogP contribution >= 0.6 is 0 Å². The Morgan fingerprint density at radius 3 is 1.61 bits per heavy atom.